The van der Waals surface area contributed by atoms with Gasteiger partial charge in [-0.15, -0.1) is 0 Å². The molecule has 0 saturated carbocycles. The molecule has 2 aliphatic rings. The Morgan fingerprint density at radius 1 is 1.11 bits per heavy atom. The summed E-state index contributed by atoms with van der Waals surface area (Å²) in [6.07, 6.45) is 4.85. The summed E-state index contributed by atoms with van der Waals surface area (Å²) in [5.41, 5.74) is 2.30. The van der Waals surface area contributed by atoms with Crippen LogP contribution in [0.4, 0.5) is 5.69 Å². The summed E-state index contributed by atoms with van der Waals surface area (Å²) in [5, 5.41) is 3.34. The topological polar surface area (TPSA) is 32.3 Å². The van der Waals surface area contributed by atoms with Crippen LogP contribution in [0, 0.1) is 0 Å². The van der Waals surface area contributed by atoms with Gasteiger partial charge in [0.25, 0.3) is 0 Å². The Balaban J connectivity index is 1.77. The zero-order chi connectivity index (χ0) is 12.4. The van der Waals surface area contributed by atoms with Crippen molar-refractivity contribution < 1.29 is 4.79 Å². The molecule has 0 bridgehead atoms. The molecule has 0 spiro atoms. The second kappa shape index (κ2) is 5.01. The Morgan fingerprint density at radius 2 is 1.83 bits per heavy atom. The van der Waals surface area contributed by atoms with Crippen molar-refractivity contribution in [2.75, 3.05) is 25.0 Å². The molecule has 0 aliphatic carbocycles. The molecule has 1 N–H and O–H groups in total. The molecule has 3 rings (SSSR count). The lowest BCUT2D eigenvalue weighted by Crippen LogP contribution is -2.36. The molecule has 1 fully saturated rings. The maximum Gasteiger partial charge on any atom is 0.231 e. The summed E-state index contributed by atoms with van der Waals surface area (Å²) in [4.78, 5) is 14.7. The minimum absolute atomic E-state index is 0.0271. The molecule has 18 heavy (non-hydrogen) atoms. The van der Waals surface area contributed by atoms with E-state index in [9.17, 15) is 4.79 Å². The Kier molecular flexibility index (Phi) is 3.22. The summed E-state index contributed by atoms with van der Waals surface area (Å²) < 4.78 is 0. The van der Waals surface area contributed by atoms with Gasteiger partial charge in [-0.25, -0.2) is 0 Å². The van der Waals surface area contributed by atoms with Crippen molar-refractivity contribution >= 4 is 11.6 Å². The summed E-state index contributed by atoms with van der Waals surface area (Å²) in [5.74, 6) is 0.341. The van der Waals surface area contributed by atoms with E-state index in [1.807, 2.05) is 12.1 Å². The van der Waals surface area contributed by atoms with Crippen LogP contribution in [0.5, 0.6) is 0 Å². The molecule has 3 nitrogen and oxygen atoms in total. The van der Waals surface area contributed by atoms with Gasteiger partial charge in [0.05, 0.1) is 5.92 Å². The van der Waals surface area contributed by atoms with Crippen LogP contribution in [0.15, 0.2) is 24.3 Å². The van der Waals surface area contributed by atoms with Crippen molar-refractivity contribution in [1.29, 1.82) is 0 Å². The number of para-hydroxylation sites is 1. The lowest BCUT2D eigenvalue weighted by Gasteiger charge is -2.23. The Bertz CT molecular complexity index is 436. The fourth-order valence-corrected chi connectivity index (χ4v) is 3.02. The maximum atomic E-state index is 12.6. The van der Waals surface area contributed by atoms with Crippen molar-refractivity contribution in [3.63, 3.8) is 0 Å². The third-order valence-electron chi connectivity index (χ3n) is 4.05. The van der Waals surface area contributed by atoms with Gasteiger partial charge in [-0.1, -0.05) is 31.0 Å². The molecule has 0 aromatic heterocycles. The minimum Gasteiger partial charge on any atom is -0.384 e. The number of fused-ring (bicyclic) bond motifs is 1. The number of benzene rings is 1. The zero-order valence-corrected chi connectivity index (χ0v) is 10.7. The highest BCUT2D eigenvalue weighted by molar-refractivity contribution is 5.88. The van der Waals surface area contributed by atoms with E-state index in [1.54, 1.807) is 0 Å². The third-order valence-corrected chi connectivity index (χ3v) is 4.05. The maximum absolute atomic E-state index is 12.6. The fourth-order valence-electron chi connectivity index (χ4n) is 3.02. The van der Waals surface area contributed by atoms with Crippen LogP contribution in [0.1, 0.15) is 37.2 Å². The number of carbonyl (C=O) groups excluding carboxylic acids is 1. The monoisotopic (exact) mass is 244 g/mol. The molecule has 1 unspecified atom stereocenters. The number of amides is 1. The number of hydrogen-bond donors (Lipinski definition) is 1. The average Bonchev–Trinajstić information content (AvgIpc) is 2.65. The van der Waals surface area contributed by atoms with Crippen molar-refractivity contribution in [3.05, 3.63) is 29.8 Å². The van der Waals surface area contributed by atoms with Crippen LogP contribution < -0.4 is 5.32 Å². The number of nitrogens with zero attached hydrogens (tertiary/aromatic N) is 1. The molecule has 1 atom stereocenters. The Morgan fingerprint density at radius 3 is 2.61 bits per heavy atom. The number of nitrogens with one attached hydrogen (secondary N) is 1. The standard InChI is InChI=1S/C15H20N2O/c18-15(17-9-5-1-2-6-10-17)13-11-16-14-8-4-3-7-12(13)14/h3-4,7-8,13,16H,1-2,5-6,9-11H2. The molecule has 1 amide bonds. The van der Waals surface area contributed by atoms with Crippen molar-refractivity contribution in [3.8, 4) is 0 Å². The SMILES string of the molecule is O=C(C1CNc2ccccc21)N1CCCCCC1. The first kappa shape index (κ1) is 11.6. The van der Waals surface area contributed by atoms with Crippen LogP contribution in [-0.2, 0) is 4.79 Å². The normalized spacial score (nSPS) is 23.1. The number of rotatable bonds is 1. The van der Waals surface area contributed by atoms with E-state index in [2.05, 4.69) is 22.3 Å². The quantitative estimate of drug-likeness (QED) is 0.823. The van der Waals surface area contributed by atoms with E-state index in [1.165, 1.54) is 18.4 Å². The highest BCUT2D eigenvalue weighted by Crippen LogP contribution is 2.32. The first-order chi connectivity index (χ1) is 8.86. The molecule has 96 valence electrons. The minimum atomic E-state index is 0.0271. The summed E-state index contributed by atoms with van der Waals surface area (Å²) >= 11 is 0. The number of hydrogen-bond acceptors (Lipinski definition) is 2. The number of anilines is 1. The summed E-state index contributed by atoms with van der Waals surface area (Å²) in [7, 11) is 0. The Labute approximate surface area is 108 Å². The van der Waals surface area contributed by atoms with Gasteiger partial charge in [0.1, 0.15) is 0 Å². The fraction of sp³-hybridized carbons (Fsp3) is 0.533. The van der Waals surface area contributed by atoms with E-state index >= 15 is 0 Å². The molecule has 1 saturated heterocycles. The first-order valence-electron chi connectivity index (χ1n) is 6.98. The Hall–Kier alpha value is -1.51. The summed E-state index contributed by atoms with van der Waals surface area (Å²) in [6.45, 7) is 2.64. The van der Waals surface area contributed by atoms with Crippen molar-refractivity contribution in [2.45, 2.75) is 31.6 Å². The molecular weight excluding hydrogens is 224 g/mol. The smallest absolute Gasteiger partial charge is 0.231 e. The van der Waals surface area contributed by atoms with Crippen LogP contribution in [0.3, 0.4) is 0 Å². The van der Waals surface area contributed by atoms with Gasteiger partial charge in [-0.05, 0) is 24.5 Å². The number of carbonyl (C=O) groups is 1. The first-order valence-corrected chi connectivity index (χ1v) is 6.98. The highest BCUT2D eigenvalue weighted by atomic mass is 16.2. The van der Waals surface area contributed by atoms with Crippen LogP contribution in [0.25, 0.3) is 0 Å². The third kappa shape index (κ3) is 2.09. The van der Waals surface area contributed by atoms with E-state index in [-0.39, 0.29) is 5.92 Å². The molecule has 1 aromatic rings. The predicted octanol–water partition coefficient (Wildman–Crippen LogP) is 2.60. The van der Waals surface area contributed by atoms with Crippen LogP contribution in [-0.4, -0.2) is 30.4 Å². The van der Waals surface area contributed by atoms with Gasteiger partial charge < -0.3 is 10.2 Å². The van der Waals surface area contributed by atoms with E-state index < -0.39 is 0 Å². The predicted molar refractivity (Wildman–Crippen MR) is 72.7 cm³/mol. The van der Waals surface area contributed by atoms with Gasteiger partial charge in [-0.2, -0.15) is 0 Å². The van der Waals surface area contributed by atoms with Crippen LogP contribution in [0.2, 0.25) is 0 Å². The van der Waals surface area contributed by atoms with Gasteiger partial charge in [-0.3, -0.25) is 4.79 Å². The van der Waals surface area contributed by atoms with Crippen molar-refractivity contribution in [1.82, 2.24) is 4.90 Å². The molecule has 2 heterocycles. The largest absolute Gasteiger partial charge is 0.384 e. The van der Waals surface area contributed by atoms with Gasteiger partial charge in [0, 0.05) is 25.3 Å². The van der Waals surface area contributed by atoms with E-state index in [0.717, 1.165) is 38.2 Å². The van der Waals surface area contributed by atoms with Gasteiger partial charge >= 0.3 is 0 Å². The van der Waals surface area contributed by atoms with E-state index in [0.29, 0.717) is 5.91 Å². The van der Waals surface area contributed by atoms with Gasteiger partial charge in [0.2, 0.25) is 5.91 Å². The van der Waals surface area contributed by atoms with Crippen molar-refractivity contribution in [2.24, 2.45) is 0 Å². The lowest BCUT2D eigenvalue weighted by atomic mass is 10.00. The zero-order valence-electron chi connectivity index (χ0n) is 10.7. The second-order valence-electron chi connectivity index (χ2n) is 5.26. The van der Waals surface area contributed by atoms with Gasteiger partial charge in [0.15, 0.2) is 0 Å². The summed E-state index contributed by atoms with van der Waals surface area (Å²) in [6, 6.07) is 8.18. The number of likely N-dealkylation sites (tertiary alicyclic amines) is 1. The molecule has 1 aromatic carbocycles. The molecular formula is C15H20N2O. The molecule has 0 radical (unpaired) electrons. The average molecular weight is 244 g/mol. The van der Waals surface area contributed by atoms with Crippen LogP contribution >= 0.6 is 0 Å². The second-order valence-corrected chi connectivity index (χ2v) is 5.26. The van der Waals surface area contributed by atoms with E-state index in [4.69, 9.17) is 0 Å². The molecule has 2 aliphatic heterocycles. The lowest BCUT2D eigenvalue weighted by molar-refractivity contribution is -0.132. The highest BCUT2D eigenvalue weighted by Gasteiger charge is 2.31. The molecule has 3 heteroatoms.